The van der Waals surface area contributed by atoms with E-state index in [1.54, 1.807) is 0 Å². The highest BCUT2D eigenvalue weighted by atomic mass is 32.2. The van der Waals surface area contributed by atoms with E-state index >= 15 is 0 Å². The zero-order valence-corrected chi connectivity index (χ0v) is 10.6. The summed E-state index contributed by atoms with van der Waals surface area (Å²) in [6, 6.07) is 2.75. The predicted octanol–water partition coefficient (Wildman–Crippen LogP) is 0.883. The number of pyridine rings is 1. The topological polar surface area (TPSA) is 81.9 Å². The van der Waals surface area contributed by atoms with E-state index in [1.165, 1.54) is 41.6 Å². The van der Waals surface area contributed by atoms with Crippen LogP contribution in [-0.4, -0.2) is 28.1 Å². The van der Waals surface area contributed by atoms with Crippen molar-refractivity contribution in [3.05, 3.63) is 37.1 Å². The van der Waals surface area contributed by atoms with Gasteiger partial charge >= 0.3 is 0 Å². The van der Waals surface area contributed by atoms with Crippen molar-refractivity contribution in [1.29, 1.82) is 0 Å². The Hall–Kier alpha value is -1.67. The lowest BCUT2D eigenvalue weighted by Crippen LogP contribution is -2.21. The second kappa shape index (κ2) is 3.92. The Labute approximate surface area is 107 Å². The monoisotopic (exact) mass is 281 g/mol. The molecule has 1 aliphatic heterocycles. The van der Waals surface area contributed by atoms with E-state index in [0.29, 0.717) is 5.03 Å². The Kier molecular flexibility index (Phi) is 2.49. The summed E-state index contributed by atoms with van der Waals surface area (Å²) in [7, 11) is -3.76. The second-order valence-electron chi connectivity index (χ2n) is 3.64. The fourth-order valence-corrected chi connectivity index (χ4v) is 4.61. The smallest absolute Gasteiger partial charge is 0.234 e. The van der Waals surface area contributed by atoms with Crippen molar-refractivity contribution >= 4 is 26.7 Å². The molecule has 0 aliphatic carbocycles. The molecule has 0 spiro atoms. The molecule has 8 heteroatoms. The van der Waals surface area contributed by atoms with Gasteiger partial charge in [0.2, 0.25) is 20.3 Å². The Morgan fingerprint density at radius 2 is 1.94 bits per heavy atom. The summed E-state index contributed by atoms with van der Waals surface area (Å²) in [5, 5.41) is -1.10. The van der Waals surface area contributed by atoms with Gasteiger partial charge in [0.1, 0.15) is 5.03 Å². The van der Waals surface area contributed by atoms with E-state index in [2.05, 4.69) is 9.97 Å². The van der Waals surface area contributed by atoms with Gasteiger partial charge in [0.25, 0.3) is 0 Å². The molecule has 1 unspecified atom stereocenters. The number of hydrogen-bond donors (Lipinski definition) is 0. The lowest BCUT2D eigenvalue weighted by Gasteiger charge is -2.11. The van der Waals surface area contributed by atoms with Crippen molar-refractivity contribution in [1.82, 2.24) is 14.5 Å². The molecule has 0 saturated heterocycles. The molecule has 92 valence electrons. The zero-order valence-electron chi connectivity index (χ0n) is 8.92. The van der Waals surface area contributed by atoms with Crippen molar-refractivity contribution in [2.75, 3.05) is 0 Å². The summed E-state index contributed by atoms with van der Waals surface area (Å²) in [5.74, 6) is 0. The minimum absolute atomic E-state index is 0.0815. The number of rotatable bonds is 2. The summed E-state index contributed by atoms with van der Waals surface area (Å²) < 4.78 is 26.2. The van der Waals surface area contributed by atoms with Crippen LogP contribution in [0, 0.1) is 0 Å². The summed E-state index contributed by atoms with van der Waals surface area (Å²) in [5.41, 5.74) is 0. The molecule has 1 aliphatic rings. The predicted molar refractivity (Wildman–Crippen MR) is 63.6 cm³/mol. The average Bonchev–Trinajstić information content (AvgIpc) is 2.89. The molecule has 3 rings (SSSR count). The standard InChI is InChI=1S/C10H7N3O3S2/c14-10-9(13-6-12-5-8(13)17-10)18(15,16)7-1-3-11-4-2-7/h1-6,9H. The first-order chi connectivity index (χ1) is 8.60. The molecule has 0 bridgehead atoms. The molecule has 6 nitrogen and oxygen atoms in total. The van der Waals surface area contributed by atoms with Crippen molar-refractivity contribution in [2.24, 2.45) is 0 Å². The van der Waals surface area contributed by atoms with Crippen molar-refractivity contribution < 1.29 is 13.2 Å². The molecule has 2 aromatic heterocycles. The lowest BCUT2D eigenvalue weighted by atomic mass is 10.5. The maximum atomic E-state index is 12.4. The van der Waals surface area contributed by atoms with Crippen LogP contribution in [0.2, 0.25) is 0 Å². The van der Waals surface area contributed by atoms with Gasteiger partial charge in [-0.3, -0.25) is 14.3 Å². The SMILES string of the molecule is O=C1Sc2cncn2C1S(=O)(=O)c1ccncc1. The van der Waals surface area contributed by atoms with E-state index in [0.717, 1.165) is 11.8 Å². The van der Waals surface area contributed by atoms with Gasteiger partial charge < -0.3 is 0 Å². The molecule has 3 heterocycles. The van der Waals surface area contributed by atoms with Crippen LogP contribution in [0.5, 0.6) is 0 Å². The molecule has 0 radical (unpaired) electrons. The fraction of sp³-hybridized carbons (Fsp3) is 0.100. The van der Waals surface area contributed by atoms with Crippen molar-refractivity contribution in [3.63, 3.8) is 0 Å². The highest BCUT2D eigenvalue weighted by molar-refractivity contribution is 8.15. The highest BCUT2D eigenvalue weighted by Crippen LogP contribution is 2.39. The molecule has 0 saturated carbocycles. The Morgan fingerprint density at radius 3 is 2.67 bits per heavy atom. The quantitative estimate of drug-likeness (QED) is 0.813. The van der Waals surface area contributed by atoms with Gasteiger partial charge in [-0.2, -0.15) is 0 Å². The molecule has 18 heavy (non-hydrogen) atoms. The van der Waals surface area contributed by atoms with Gasteiger partial charge in [-0.1, -0.05) is 0 Å². The summed E-state index contributed by atoms with van der Waals surface area (Å²) in [4.78, 5) is 19.5. The first-order valence-corrected chi connectivity index (χ1v) is 7.34. The molecular formula is C10H7N3O3S2. The number of carbonyl (C=O) groups is 1. The third-order valence-electron chi connectivity index (χ3n) is 2.56. The van der Waals surface area contributed by atoms with Crippen molar-refractivity contribution in [3.8, 4) is 0 Å². The minimum atomic E-state index is -3.76. The first kappa shape index (κ1) is 11.4. The lowest BCUT2D eigenvalue weighted by molar-refractivity contribution is -0.111. The largest absolute Gasteiger partial charge is 0.300 e. The van der Waals surface area contributed by atoms with Gasteiger partial charge in [0.15, 0.2) is 0 Å². The molecule has 0 N–H and O–H groups in total. The third kappa shape index (κ3) is 1.57. The first-order valence-electron chi connectivity index (χ1n) is 4.98. The zero-order chi connectivity index (χ0) is 12.8. The number of fused-ring (bicyclic) bond motifs is 1. The normalized spacial score (nSPS) is 18.9. The summed E-state index contributed by atoms with van der Waals surface area (Å²) in [6.45, 7) is 0. The van der Waals surface area contributed by atoms with Crippen LogP contribution in [0.25, 0.3) is 0 Å². The Morgan fingerprint density at radius 1 is 1.22 bits per heavy atom. The highest BCUT2D eigenvalue weighted by Gasteiger charge is 2.42. The third-order valence-corrected chi connectivity index (χ3v) is 5.62. The maximum Gasteiger partial charge on any atom is 0.234 e. The van der Waals surface area contributed by atoms with Crippen molar-refractivity contribution in [2.45, 2.75) is 15.3 Å². The van der Waals surface area contributed by atoms with Gasteiger partial charge in [-0.05, 0) is 23.9 Å². The Bertz CT molecular complexity index is 709. The van der Waals surface area contributed by atoms with E-state index < -0.39 is 20.3 Å². The number of hydrogen-bond acceptors (Lipinski definition) is 6. The van der Waals surface area contributed by atoms with Crippen LogP contribution in [0.15, 0.2) is 47.0 Å². The van der Waals surface area contributed by atoms with E-state index in [4.69, 9.17) is 0 Å². The van der Waals surface area contributed by atoms with Gasteiger partial charge in [-0.25, -0.2) is 13.4 Å². The summed E-state index contributed by atoms with van der Waals surface area (Å²) >= 11 is 0.894. The number of imidazole rings is 1. The van der Waals surface area contributed by atoms with Crippen LogP contribution in [0.3, 0.4) is 0 Å². The molecule has 0 fully saturated rings. The molecular weight excluding hydrogens is 274 g/mol. The van der Waals surface area contributed by atoms with Crippen LogP contribution < -0.4 is 0 Å². The minimum Gasteiger partial charge on any atom is -0.300 e. The molecule has 0 aromatic carbocycles. The van der Waals surface area contributed by atoms with Crippen LogP contribution in [-0.2, 0) is 14.6 Å². The second-order valence-corrected chi connectivity index (χ2v) is 6.67. The van der Waals surface area contributed by atoms with E-state index in [-0.39, 0.29) is 4.90 Å². The van der Waals surface area contributed by atoms with Gasteiger partial charge in [0, 0.05) is 12.4 Å². The number of nitrogens with zero attached hydrogens (tertiary/aromatic N) is 3. The number of aromatic nitrogens is 3. The molecule has 2 aromatic rings. The van der Waals surface area contributed by atoms with Crippen LogP contribution in [0.1, 0.15) is 5.37 Å². The van der Waals surface area contributed by atoms with Crippen LogP contribution in [0.4, 0.5) is 0 Å². The number of sulfone groups is 1. The maximum absolute atomic E-state index is 12.4. The fourth-order valence-electron chi connectivity index (χ4n) is 1.75. The van der Waals surface area contributed by atoms with Gasteiger partial charge in [0.05, 0.1) is 17.4 Å². The van der Waals surface area contributed by atoms with Crippen LogP contribution >= 0.6 is 11.8 Å². The number of thioether (sulfide) groups is 1. The number of carbonyl (C=O) groups excluding carboxylic acids is 1. The van der Waals surface area contributed by atoms with E-state index in [9.17, 15) is 13.2 Å². The Balaban J connectivity index is 2.14. The average molecular weight is 281 g/mol. The van der Waals surface area contributed by atoms with Gasteiger partial charge in [-0.15, -0.1) is 0 Å². The molecule has 0 amide bonds. The summed E-state index contributed by atoms with van der Waals surface area (Å²) in [6.07, 6.45) is 5.60. The van der Waals surface area contributed by atoms with E-state index in [1.807, 2.05) is 0 Å². The molecule has 1 atom stereocenters.